The molecule has 0 saturated carbocycles. The molecule has 0 bridgehead atoms. The Labute approximate surface area is 162 Å². The number of hydrogen-bond donors (Lipinski definition) is 1. The Hall–Kier alpha value is -2.85. The molecule has 0 radical (unpaired) electrons. The van der Waals surface area contributed by atoms with Gasteiger partial charge in [0.2, 0.25) is 15.9 Å². The van der Waals surface area contributed by atoms with Crippen molar-refractivity contribution in [3.63, 3.8) is 0 Å². The molecule has 0 unspecified atom stereocenters. The van der Waals surface area contributed by atoms with Gasteiger partial charge in [-0.1, -0.05) is 0 Å². The number of methoxy groups -OCH3 is 3. The van der Waals surface area contributed by atoms with E-state index in [-0.39, 0.29) is 10.6 Å². The van der Waals surface area contributed by atoms with Crippen molar-refractivity contribution in [2.45, 2.75) is 4.90 Å². The third-order valence-electron chi connectivity index (χ3n) is 3.86. The highest BCUT2D eigenvalue weighted by Gasteiger charge is 2.27. The molecule has 0 aliphatic heterocycles. The summed E-state index contributed by atoms with van der Waals surface area (Å²) in [5.41, 5.74) is 0.320. The lowest BCUT2D eigenvalue weighted by molar-refractivity contribution is -0.116. The standard InChI is InChI=1S/C18H21FN2O6S/c1-21(28(23,24)17-9-12(19)5-7-16(17)27-4)11-18(22)20-14-10-13(25-2)6-8-15(14)26-3/h5-10H,11H2,1-4H3,(H,20,22). The van der Waals surface area contributed by atoms with Gasteiger partial charge in [-0.15, -0.1) is 0 Å². The van der Waals surface area contributed by atoms with Crippen LogP contribution in [0.25, 0.3) is 0 Å². The minimum atomic E-state index is -4.17. The van der Waals surface area contributed by atoms with Crippen molar-refractivity contribution in [3.05, 3.63) is 42.2 Å². The summed E-state index contributed by atoms with van der Waals surface area (Å²) in [7, 11) is 1.22. The number of benzene rings is 2. The van der Waals surface area contributed by atoms with Gasteiger partial charge in [-0.2, -0.15) is 4.31 Å². The Morgan fingerprint density at radius 3 is 2.29 bits per heavy atom. The van der Waals surface area contributed by atoms with Gasteiger partial charge in [0.25, 0.3) is 0 Å². The van der Waals surface area contributed by atoms with Crippen LogP contribution in [0.1, 0.15) is 0 Å². The summed E-state index contributed by atoms with van der Waals surface area (Å²) in [4.78, 5) is 12.0. The van der Waals surface area contributed by atoms with Crippen molar-refractivity contribution in [2.24, 2.45) is 0 Å². The van der Waals surface area contributed by atoms with Gasteiger partial charge in [-0.3, -0.25) is 4.79 Å². The summed E-state index contributed by atoms with van der Waals surface area (Å²) in [6, 6.07) is 7.93. The molecule has 8 nitrogen and oxygen atoms in total. The summed E-state index contributed by atoms with van der Waals surface area (Å²) in [6.45, 7) is -0.512. The van der Waals surface area contributed by atoms with Crippen LogP contribution < -0.4 is 19.5 Å². The van der Waals surface area contributed by atoms with Gasteiger partial charge in [0, 0.05) is 13.1 Å². The fourth-order valence-electron chi connectivity index (χ4n) is 2.41. The van der Waals surface area contributed by atoms with E-state index in [4.69, 9.17) is 14.2 Å². The van der Waals surface area contributed by atoms with Crippen LogP contribution in [0.2, 0.25) is 0 Å². The SMILES string of the molecule is COc1ccc(OC)c(NC(=O)CN(C)S(=O)(=O)c2cc(F)ccc2OC)c1. The molecule has 0 spiro atoms. The normalized spacial score (nSPS) is 11.2. The summed E-state index contributed by atoms with van der Waals surface area (Å²) in [6.07, 6.45) is 0. The van der Waals surface area contributed by atoms with Gasteiger partial charge in [-0.05, 0) is 30.3 Å². The van der Waals surface area contributed by atoms with Gasteiger partial charge in [0.15, 0.2) is 0 Å². The highest BCUT2D eigenvalue weighted by atomic mass is 32.2. The van der Waals surface area contributed by atoms with E-state index in [0.29, 0.717) is 17.2 Å². The van der Waals surface area contributed by atoms with E-state index >= 15 is 0 Å². The molecule has 10 heteroatoms. The van der Waals surface area contributed by atoms with E-state index in [1.54, 1.807) is 18.2 Å². The van der Waals surface area contributed by atoms with Crippen LogP contribution in [-0.4, -0.2) is 53.6 Å². The first kappa shape index (κ1) is 21.5. The average Bonchev–Trinajstić information content (AvgIpc) is 2.67. The molecule has 0 aromatic heterocycles. The molecule has 1 amide bonds. The zero-order valence-corrected chi connectivity index (χ0v) is 16.7. The Morgan fingerprint density at radius 2 is 1.68 bits per heavy atom. The molecule has 2 aromatic carbocycles. The highest BCUT2D eigenvalue weighted by Crippen LogP contribution is 2.29. The number of nitrogens with one attached hydrogen (secondary N) is 1. The van der Waals surface area contributed by atoms with Crippen molar-refractivity contribution < 1.29 is 31.8 Å². The summed E-state index contributed by atoms with van der Waals surface area (Å²) in [5.74, 6) is -0.512. The van der Waals surface area contributed by atoms with Crippen molar-refractivity contribution in [2.75, 3.05) is 40.2 Å². The second kappa shape index (κ2) is 8.89. The number of amides is 1. The van der Waals surface area contributed by atoms with E-state index < -0.39 is 28.3 Å². The Morgan fingerprint density at radius 1 is 1.04 bits per heavy atom. The van der Waals surface area contributed by atoms with E-state index in [1.807, 2.05) is 0 Å². The Kier molecular flexibility index (Phi) is 6.81. The minimum absolute atomic E-state index is 0.0249. The highest BCUT2D eigenvalue weighted by molar-refractivity contribution is 7.89. The molecule has 0 aliphatic carbocycles. The number of sulfonamides is 1. The maximum absolute atomic E-state index is 13.5. The van der Waals surface area contributed by atoms with E-state index in [9.17, 15) is 17.6 Å². The van der Waals surface area contributed by atoms with Gasteiger partial charge in [0.05, 0.1) is 33.6 Å². The monoisotopic (exact) mass is 412 g/mol. The van der Waals surface area contributed by atoms with Crippen molar-refractivity contribution >= 4 is 21.6 Å². The number of halogens is 1. The lowest BCUT2D eigenvalue weighted by atomic mass is 10.2. The molecule has 2 rings (SSSR count). The van der Waals surface area contributed by atoms with Gasteiger partial charge >= 0.3 is 0 Å². The number of hydrogen-bond acceptors (Lipinski definition) is 6. The summed E-state index contributed by atoms with van der Waals surface area (Å²) in [5, 5.41) is 2.58. The predicted molar refractivity (Wildman–Crippen MR) is 101 cm³/mol. The fourth-order valence-corrected chi connectivity index (χ4v) is 3.70. The van der Waals surface area contributed by atoms with Gasteiger partial charge < -0.3 is 19.5 Å². The molecule has 0 fully saturated rings. The second-order valence-electron chi connectivity index (χ2n) is 5.67. The summed E-state index contributed by atoms with van der Waals surface area (Å²) < 4.78 is 55.1. The van der Waals surface area contributed by atoms with E-state index in [0.717, 1.165) is 16.4 Å². The molecule has 1 N–H and O–H groups in total. The Bertz CT molecular complexity index is 965. The van der Waals surface area contributed by atoms with Crippen LogP contribution in [0.5, 0.6) is 17.2 Å². The van der Waals surface area contributed by atoms with Crippen molar-refractivity contribution in [1.82, 2.24) is 4.31 Å². The molecule has 0 atom stereocenters. The molecule has 0 saturated heterocycles. The first-order valence-corrected chi connectivity index (χ1v) is 9.48. The summed E-state index contributed by atoms with van der Waals surface area (Å²) >= 11 is 0. The van der Waals surface area contributed by atoms with Gasteiger partial charge in [-0.25, -0.2) is 12.8 Å². The van der Waals surface area contributed by atoms with E-state index in [1.165, 1.54) is 34.4 Å². The molecule has 28 heavy (non-hydrogen) atoms. The topological polar surface area (TPSA) is 94.2 Å². The van der Waals surface area contributed by atoms with E-state index in [2.05, 4.69) is 5.32 Å². The van der Waals surface area contributed by atoms with Crippen LogP contribution in [-0.2, 0) is 14.8 Å². The molecule has 2 aromatic rings. The van der Waals surface area contributed by atoms with Crippen molar-refractivity contribution in [3.8, 4) is 17.2 Å². The second-order valence-corrected chi connectivity index (χ2v) is 7.68. The quantitative estimate of drug-likeness (QED) is 0.714. The number of anilines is 1. The van der Waals surface area contributed by atoms with Crippen LogP contribution in [0.4, 0.5) is 10.1 Å². The number of carbonyl (C=O) groups excluding carboxylic acids is 1. The number of rotatable bonds is 8. The zero-order chi connectivity index (χ0) is 20.9. The zero-order valence-electron chi connectivity index (χ0n) is 15.9. The fraction of sp³-hybridized carbons (Fsp3) is 0.278. The third kappa shape index (κ3) is 4.70. The lowest BCUT2D eigenvalue weighted by Crippen LogP contribution is -2.35. The number of nitrogens with zero attached hydrogens (tertiary/aromatic N) is 1. The number of likely N-dealkylation sites (N-methyl/N-ethyl adjacent to an activating group) is 1. The first-order valence-electron chi connectivity index (χ1n) is 8.04. The van der Waals surface area contributed by atoms with Crippen LogP contribution in [0.15, 0.2) is 41.3 Å². The smallest absolute Gasteiger partial charge is 0.247 e. The molecule has 0 heterocycles. The molecule has 0 aliphatic rings. The lowest BCUT2D eigenvalue weighted by Gasteiger charge is -2.19. The van der Waals surface area contributed by atoms with Crippen LogP contribution >= 0.6 is 0 Å². The maximum atomic E-state index is 13.5. The van der Waals surface area contributed by atoms with Crippen LogP contribution in [0.3, 0.4) is 0 Å². The number of ether oxygens (including phenoxy) is 3. The van der Waals surface area contributed by atoms with Gasteiger partial charge in [0.1, 0.15) is 28.0 Å². The molecular weight excluding hydrogens is 391 g/mol. The third-order valence-corrected chi connectivity index (χ3v) is 5.69. The molecular formula is C18H21FN2O6S. The Balaban J connectivity index is 2.22. The van der Waals surface area contributed by atoms with Crippen molar-refractivity contribution in [1.29, 1.82) is 0 Å². The minimum Gasteiger partial charge on any atom is -0.497 e. The largest absolute Gasteiger partial charge is 0.497 e. The molecule has 152 valence electrons. The number of carbonyl (C=O) groups is 1. The predicted octanol–water partition coefficient (Wildman–Crippen LogP) is 2.11. The average molecular weight is 412 g/mol. The van der Waals surface area contributed by atoms with Crippen LogP contribution in [0, 0.1) is 5.82 Å². The first-order chi connectivity index (χ1) is 13.2. The maximum Gasteiger partial charge on any atom is 0.247 e.